The van der Waals surface area contributed by atoms with Crippen molar-refractivity contribution in [2.24, 2.45) is 0 Å². The number of nitrogens with zero attached hydrogens (tertiary/aromatic N) is 2. The maximum Gasteiger partial charge on any atom is 0.116 e. The van der Waals surface area contributed by atoms with E-state index >= 15 is 0 Å². The molecule has 0 amide bonds. The van der Waals surface area contributed by atoms with Crippen LogP contribution in [-0.2, 0) is 0 Å². The predicted molar refractivity (Wildman–Crippen MR) is 81.6 cm³/mol. The summed E-state index contributed by atoms with van der Waals surface area (Å²) in [6, 6.07) is 10.2. The molecule has 0 bridgehead atoms. The largest absolute Gasteiger partial charge is 0.379 e. The maximum atomic E-state index is 9.44. The molecule has 98 valence electrons. The Morgan fingerprint density at radius 1 is 1.26 bits per heavy atom. The van der Waals surface area contributed by atoms with Gasteiger partial charge in [-0.3, -0.25) is 0 Å². The van der Waals surface area contributed by atoms with Crippen molar-refractivity contribution < 1.29 is 0 Å². The molecule has 1 heterocycles. The van der Waals surface area contributed by atoms with Gasteiger partial charge in [-0.25, -0.2) is 4.98 Å². The third-order valence-electron chi connectivity index (χ3n) is 2.66. The number of thioether (sulfide) groups is 1. The highest BCUT2D eigenvalue weighted by molar-refractivity contribution is 7.98. The second kappa shape index (κ2) is 5.10. The fourth-order valence-corrected chi connectivity index (χ4v) is 2.49. The van der Waals surface area contributed by atoms with E-state index in [0.29, 0.717) is 5.56 Å². The summed E-state index contributed by atoms with van der Waals surface area (Å²) in [5, 5.41) is 14.6. The number of rotatable bonds is 2. The molecule has 2 rings (SSSR count). The maximum absolute atomic E-state index is 9.44. The number of fused-ring (bicyclic) bond motifs is 1. The van der Waals surface area contributed by atoms with Crippen molar-refractivity contribution in [1.82, 2.24) is 4.98 Å². The molecule has 2 aromatic rings. The molecule has 0 saturated carbocycles. The fourth-order valence-electron chi connectivity index (χ4n) is 1.95. The summed E-state index contributed by atoms with van der Waals surface area (Å²) in [5.74, 6) is 0. The van der Waals surface area contributed by atoms with E-state index < -0.39 is 0 Å². The van der Waals surface area contributed by atoms with Crippen LogP contribution in [0.2, 0.25) is 0 Å². The lowest BCUT2D eigenvalue weighted by atomic mass is 10.0. The Bertz CT molecular complexity index is 651. The molecule has 1 aromatic heterocycles. The van der Waals surface area contributed by atoms with E-state index in [2.05, 4.69) is 37.1 Å². The Kier molecular flexibility index (Phi) is 3.68. The molecule has 0 aliphatic rings. The quantitative estimate of drug-likeness (QED) is 0.837. The normalized spacial score (nSPS) is 11.3. The van der Waals surface area contributed by atoms with Crippen molar-refractivity contribution in [3.05, 3.63) is 29.8 Å². The molecule has 0 aliphatic heterocycles. The summed E-state index contributed by atoms with van der Waals surface area (Å²) < 4.78 is 0. The minimum atomic E-state index is -0.106. The van der Waals surface area contributed by atoms with Crippen LogP contribution in [-0.4, -0.2) is 16.8 Å². The first-order valence-electron chi connectivity index (χ1n) is 6.11. The summed E-state index contributed by atoms with van der Waals surface area (Å²) in [5.41, 5.74) is 2.31. The van der Waals surface area contributed by atoms with Crippen LogP contribution < -0.4 is 5.32 Å². The van der Waals surface area contributed by atoms with Gasteiger partial charge in [0.25, 0.3) is 0 Å². The molecule has 0 radical (unpaired) electrons. The van der Waals surface area contributed by atoms with E-state index in [0.717, 1.165) is 21.6 Å². The van der Waals surface area contributed by atoms with E-state index in [1.54, 1.807) is 0 Å². The third kappa shape index (κ3) is 2.82. The second-order valence-electron chi connectivity index (χ2n) is 5.38. The van der Waals surface area contributed by atoms with Gasteiger partial charge < -0.3 is 5.32 Å². The molecule has 19 heavy (non-hydrogen) atoms. The molecule has 4 heteroatoms. The Morgan fingerprint density at radius 3 is 2.53 bits per heavy atom. The minimum absolute atomic E-state index is 0.106. The van der Waals surface area contributed by atoms with Crippen molar-refractivity contribution in [2.45, 2.75) is 31.3 Å². The van der Waals surface area contributed by atoms with Crippen molar-refractivity contribution in [3.8, 4) is 6.07 Å². The van der Waals surface area contributed by atoms with Crippen molar-refractivity contribution in [3.63, 3.8) is 0 Å². The van der Waals surface area contributed by atoms with Gasteiger partial charge in [-0.1, -0.05) is 18.2 Å². The van der Waals surface area contributed by atoms with E-state index in [1.165, 1.54) is 11.8 Å². The van der Waals surface area contributed by atoms with Gasteiger partial charge in [0.1, 0.15) is 16.7 Å². The number of aromatic nitrogens is 1. The summed E-state index contributed by atoms with van der Waals surface area (Å²) in [6.45, 7) is 6.26. The van der Waals surface area contributed by atoms with Gasteiger partial charge in [-0.05, 0) is 33.1 Å². The first kappa shape index (κ1) is 13.7. The van der Waals surface area contributed by atoms with E-state index in [4.69, 9.17) is 0 Å². The fraction of sp³-hybridized carbons (Fsp3) is 0.333. The van der Waals surface area contributed by atoms with Gasteiger partial charge in [0, 0.05) is 10.9 Å². The smallest absolute Gasteiger partial charge is 0.116 e. The molecular formula is C15H17N3S. The van der Waals surface area contributed by atoms with Crippen molar-refractivity contribution >= 4 is 28.4 Å². The number of nitrogens with one attached hydrogen (secondary N) is 1. The predicted octanol–water partition coefficient (Wildman–Crippen LogP) is 4.04. The monoisotopic (exact) mass is 271 g/mol. The van der Waals surface area contributed by atoms with Crippen LogP contribution >= 0.6 is 11.8 Å². The zero-order valence-electron chi connectivity index (χ0n) is 11.6. The van der Waals surface area contributed by atoms with Gasteiger partial charge in [-0.15, -0.1) is 11.8 Å². The molecule has 0 aliphatic carbocycles. The summed E-state index contributed by atoms with van der Waals surface area (Å²) >= 11 is 1.50. The summed E-state index contributed by atoms with van der Waals surface area (Å²) in [6.07, 6.45) is 1.94. The molecule has 3 nitrogen and oxygen atoms in total. The average molecular weight is 271 g/mol. The average Bonchev–Trinajstić information content (AvgIpc) is 2.36. The number of nitriles is 1. The van der Waals surface area contributed by atoms with E-state index in [-0.39, 0.29) is 5.54 Å². The van der Waals surface area contributed by atoms with E-state index in [9.17, 15) is 5.26 Å². The van der Waals surface area contributed by atoms with Gasteiger partial charge in [0.15, 0.2) is 0 Å². The van der Waals surface area contributed by atoms with Gasteiger partial charge in [-0.2, -0.15) is 5.26 Å². The highest BCUT2D eigenvalue weighted by Crippen LogP contribution is 2.33. The Hall–Kier alpha value is -1.73. The summed E-state index contributed by atoms with van der Waals surface area (Å²) in [4.78, 5) is 4.56. The van der Waals surface area contributed by atoms with Crippen LogP contribution in [0.4, 0.5) is 5.69 Å². The van der Waals surface area contributed by atoms with Gasteiger partial charge in [0.05, 0.1) is 11.2 Å². The molecule has 0 atom stereocenters. The Labute approximate surface area is 118 Å². The lowest BCUT2D eigenvalue weighted by Crippen LogP contribution is -2.27. The van der Waals surface area contributed by atoms with Crippen molar-refractivity contribution in [1.29, 1.82) is 5.26 Å². The molecule has 0 saturated heterocycles. The lowest BCUT2D eigenvalue weighted by molar-refractivity contribution is 0.634. The number of pyridine rings is 1. The number of hydrogen-bond acceptors (Lipinski definition) is 4. The highest BCUT2D eigenvalue weighted by atomic mass is 32.2. The molecule has 0 unspecified atom stereocenters. The standard InChI is InChI=1S/C15H17N3S/c1-15(2,3)18-13-10-7-5-6-8-12(10)17-14(19-4)11(13)9-16/h5-8H,1-4H3,(H,17,18). The molecule has 0 spiro atoms. The number of hydrogen-bond donors (Lipinski definition) is 1. The first-order chi connectivity index (χ1) is 8.96. The van der Waals surface area contributed by atoms with Crippen LogP contribution in [0.5, 0.6) is 0 Å². The van der Waals surface area contributed by atoms with Crippen LogP contribution in [0.25, 0.3) is 10.9 Å². The van der Waals surface area contributed by atoms with Gasteiger partial charge >= 0.3 is 0 Å². The molecule has 1 N–H and O–H groups in total. The molecule has 1 aromatic carbocycles. The van der Waals surface area contributed by atoms with Crippen LogP contribution in [0.15, 0.2) is 29.3 Å². The van der Waals surface area contributed by atoms with Crippen LogP contribution in [0, 0.1) is 11.3 Å². The van der Waals surface area contributed by atoms with E-state index in [1.807, 2.05) is 30.5 Å². The Balaban J connectivity index is 2.79. The van der Waals surface area contributed by atoms with Crippen LogP contribution in [0.3, 0.4) is 0 Å². The zero-order chi connectivity index (χ0) is 14.0. The minimum Gasteiger partial charge on any atom is -0.379 e. The Morgan fingerprint density at radius 2 is 1.95 bits per heavy atom. The second-order valence-corrected chi connectivity index (χ2v) is 6.17. The molecule has 0 fully saturated rings. The van der Waals surface area contributed by atoms with Crippen molar-refractivity contribution in [2.75, 3.05) is 11.6 Å². The summed E-state index contributed by atoms with van der Waals surface area (Å²) in [7, 11) is 0. The number of benzene rings is 1. The van der Waals surface area contributed by atoms with Gasteiger partial charge in [0.2, 0.25) is 0 Å². The zero-order valence-corrected chi connectivity index (χ0v) is 12.4. The highest BCUT2D eigenvalue weighted by Gasteiger charge is 2.18. The topological polar surface area (TPSA) is 48.7 Å². The number of anilines is 1. The molecular weight excluding hydrogens is 254 g/mol. The lowest BCUT2D eigenvalue weighted by Gasteiger charge is -2.24. The van der Waals surface area contributed by atoms with Crippen LogP contribution in [0.1, 0.15) is 26.3 Å². The third-order valence-corrected chi connectivity index (χ3v) is 3.35. The SMILES string of the molecule is CSc1nc2ccccc2c(NC(C)(C)C)c1C#N. The first-order valence-corrected chi connectivity index (χ1v) is 7.34. The number of para-hydroxylation sites is 1.